The molecule has 2 N–H and O–H groups in total. The minimum atomic E-state index is -0.440. The molecule has 2 aliphatic rings. The van der Waals surface area contributed by atoms with Crippen LogP contribution in [0.15, 0.2) is 9.59 Å². The molecule has 0 bridgehead atoms. The van der Waals surface area contributed by atoms with Gasteiger partial charge in [0.2, 0.25) is 0 Å². The minimum Gasteiger partial charge on any atom is -0.450 e. The van der Waals surface area contributed by atoms with Crippen LogP contribution in [0.1, 0.15) is 46.0 Å². The van der Waals surface area contributed by atoms with Crippen LogP contribution in [-0.2, 0) is 4.74 Å². The zero-order chi connectivity index (χ0) is 20.8. The average molecular weight is 407 g/mol. The number of rotatable bonds is 8. The number of hydrogen-bond acceptors (Lipinski definition) is 7. The van der Waals surface area contributed by atoms with E-state index in [0.29, 0.717) is 37.6 Å². The van der Waals surface area contributed by atoms with Crippen LogP contribution in [0.2, 0.25) is 0 Å². The molecule has 3 rings (SSSR count). The van der Waals surface area contributed by atoms with Crippen LogP contribution < -0.4 is 21.5 Å². The standard InChI is InChI=1S/C21H34N4O4/c1-3-29-21(28)25-12-7-16(8-13-25)23-18-17(19(26)20(18)27)22-9-5-11-24-10-4-6-15(2)14-24/h15-16,22-23H,3-14H2,1-2H3/t15-/m1/s1. The summed E-state index contributed by atoms with van der Waals surface area (Å²) < 4.78 is 5.03. The first kappa shape index (κ1) is 21.6. The number of likely N-dealkylation sites (tertiary alicyclic amines) is 2. The molecule has 2 saturated heterocycles. The summed E-state index contributed by atoms with van der Waals surface area (Å²) in [6.45, 7) is 9.63. The number of anilines is 2. The first-order valence-corrected chi connectivity index (χ1v) is 11.0. The zero-order valence-corrected chi connectivity index (χ0v) is 17.7. The Morgan fingerprint density at radius 1 is 1.10 bits per heavy atom. The number of nitrogens with zero attached hydrogens (tertiary/aromatic N) is 2. The second kappa shape index (κ2) is 10.1. The van der Waals surface area contributed by atoms with Crippen molar-refractivity contribution in [1.29, 1.82) is 0 Å². The van der Waals surface area contributed by atoms with E-state index in [4.69, 9.17) is 4.74 Å². The van der Waals surface area contributed by atoms with Crippen LogP contribution in [0, 0.1) is 5.92 Å². The van der Waals surface area contributed by atoms with Gasteiger partial charge in [-0.15, -0.1) is 0 Å². The van der Waals surface area contributed by atoms with Gasteiger partial charge < -0.3 is 25.2 Å². The third kappa shape index (κ3) is 5.50. The Bertz CT molecular complexity index is 750. The molecule has 0 spiro atoms. The number of carbonyl (C=O) groups is 1. The number of hydrogen-bond donors (Lipinski definition) is 2. The predicted molar refractivity (Wildman–Crippen MR) is 115 cm³/mol. The van der Waals surface area contributed by atoms with Crippen molar-refractivity contribution < 1.29 is 9.53 Å². The largest absolute Gasteiger partial charge is 0.450 e. The van der Waals surface area contributed by atoms with Crippen LogP contribution in [0.3, 0.4) is 0 Å². The quantitative estimate of drug-likeness (QED) is 0.503. The smallest absolute Gasteiger partial charge is 0.409 e. The summed E-state index contributed by atoms with van der Waals surface area (Å²) in [5, 5.41) is 6.40. The Morgan fingerprint density at radius 3 is 2.52 bits per heavy atom. The molecule has 0 radical (unpaired) electrons. The van der Waals surface area contributed by atoms with Crippen molar-refractivity contribution in [2.75, 3.05) is 56.5 Å². The fourth-order valence-electron chi connectivity index (χ4n) is 4.33. The number of ether oxygens (including phenoxy) is 1. The van der Waals surface area contributed by atoms with Gasteiger partial charge in [0.15, 0.2) is 0 Å². The molecule has 0 aromatic heterocycles. The van der Waals surface area contributed by atoms with Gasteiger partial charge in [-0.05, 0) is 58.0 Å². The van der Waals surface area contributed by atoms with Gasteiger partial charge in [0.1, 0.15) is 11.4 Å². The number of amides is 1. The van der Waals surface area contributed by atoms with E-state index >= 15 is 0 Å². The molecule has 0 saturated carbocycles. The molecule has 162 valence electrons. The Kier molecular flexibility index (Phi) is 7.52. The Balaban J connectivity index is 1.42. The summed E-state index contributed by atoms with van der Waals surface area (Å²) in [6, 6.07) is 0.0827. The summed E-state index contributed by atoms with van der Waals surface area (Å²) >= 11 is 0. The van der Waals surface area contributed by atoms with E-state index in [9.17, 15) is 14.4 Å². The van der Waals surface area contributed by atoms with Gasteiger partial charge in [0.25, 0.3) is 10.9 Å². The topological polar surface area (TPSA) is 91.0 Å². The fraction of sp³-hybridized carbons (Fsp3) is 0.762. The lowest BCUT2D eigenvalue weighted by Gasteiger charge is -2.32. The van der Waals surface area contributed by atoms with Gasteiger partial charge in [-0.25, -0.2) is 4.79 Å². The monoisotopic (exact) mass is 406 g/mol. The van der Waals surface area contributed by atoms with Gasteiger partial charge >= 0.3 is 6.09 Å². The number of piperidine rings is 2. The highest BCUT2D eigenvalue weighted by Gasteiger charge is 2.27. The summed E-state index contributed by atoms with van der Waals surface area (Å²) in [6.07, 6.45) is 4.68. The van der Waals surface area contributed by atoms with Gasteiger partial charge in [0.05, 0.1) is 6.61 Å². The van der Waals surface area contributed by atoms with Crippen LogP contribution in [0.25, 0.3) is 0 Å². The summed E-state index contributed by atoms with van der Waals surface area (Å²) in [4.78, 5) is 39.9. The maximum Gasteiger partial charge on any atom is 0.409 e. The third-order valence-corrected chi connectivity index (χ3v) is 5.97. The number of nitrogens with one attached hydrogen (secondary N) is 2. The molecule has 29 heavy (non-hydrogen) atoms. The van der Waals surface area contributed by atoms with Gasteiger partial charge in [-0.3, -0.25) is 9.59 Å². The molecule has 1 amide bonds. The molecule has 2 fully saturated rings. The van der Waals surface area contributed by atoms with Crippen LogP contribution >= 0.6 is 0 Å². The normalized spacial score (nSPS) is 21.3. The SMILES string of the molecule is CCOC(=O)N1CCC(Nc2c(NCCCN3CCC[C@@H](C)C3)c(=O)c2=O)CC1. The van der Waals surface area contributed by atoms with Crippen LogP contribution in [0.5, 0.6) is 0 Å². The first-order chi connectivity index (χ1) is 14.0. The predicted octanol–water partition coefficient (Wildman–Crippen LogP) is 1.85. The van der Waals surface area contributed by atoms with Crippen molar-refractivity contribution in [2.45, 2.75) is 52.0 Å². The van der Waals surface area contributed by atoms with Gasteiger partial charge in [0, 0.05) is 32.2 Å². The van der Waals surface area contributed by atoms with E-state index < -0.39 is 10.9 Å². The summed E-state index contributed by atoms with van der Waals surface area (Å²) in [5.41, 5.74) is -0.0285. The second-order valence-electron chi connectivity index (χ2n) is 8.34. The van der Waals surface area contributed by atoms with Crippen molar-refractivity contribution in [3.8, 4) is 0 Å². The van der Waals surface area contributed by atoms with E-state index in [0.717, 1.165) is 44.8 Å². The highest BCUT2D eigenvalue weighted by molar-refractivity contribution is 5.74. The lowest BCUT2D eigenvalue weighted by Crippen LogP contribution is -2.45. The molecule has 1 aromatic rings. The van der Waals surface area contributed by atoms with Crippen LogP contribution in [0.4, 0.5) is 16.2 Å². The molecular formula is C21H34N4O4. The Morgan fingerprint density at radius 2 is 1.83 bits per heavy atom. The zero-order valence-electron chi connectivity index (χ0n) is 17.7. The van der Waals surface area contributed by atoms with E-state index in [1.807, 2.05) is 0 Å². The maximum absolute atomic E-state index is 12.0. The Labute approximate surface area is 172 Å². The fourth-order valence-corrected chi connectivity index (χ4v) is 4.33. The first-order valence-electron chi connectivity index (χ1n) is 11.0. The van der Waals surface area contributed by atoms with E-state index in [-0.39, 0.29) is 12.1 Å². The Hall–Kier alpha value is -2.09. The van der Waals surface area contributed by atoms with Gasteiger partial charge in [-0.1, -0.05) is 6.92 Å². The van der Waals surface area contributed by atoms with E-state index in [1.165, 1.54) is 12.8 Å². The molecule has 2 aliphatic heterocycles. The van der Waals surface area contributed by atoms with Gasteiger partial charge in [-0.2, -0.15) is 0 Å². The lowest BCUT2D eigenvalue weighted by atomic mass is 10.0. The second-order valence-corrected chi connectivity index (χ2v) is 8.34. The molecule has 8 nitrogen and oxygen atoms in total. The van der Waals surface area contributed by atoms with Crippen molar-refractivity contribution in [3.05, 3.63) is 20.4 Å². The average Bonchev–Trinajstić information content (AvgIpc) is 2.73. The molecule has 0 aliphatic carbocycles. The molecular weight excluding hydrogens is 372 g/mol. The minimum absolute atomic E-state index is 0.0827. The number of carbonyl (C=O) groups excluding carboxylic acids is 1. The van der Waals surface area contributed by atoms with E-state index in [1.54, 1.807) is 11.8 Å². The maximum atomic E-state index is 12.0. The van der Waals surface area contributed by atoms with Crippen molar-refractivity contribution in [1.82, 2.24) is 9.80 Å². The lowest BCUT2D eigenvalue weighted by molar-refractivity contribution is 0.0983. The molecule has 8 heteroatoms. The molecule has 2 heterocycles. The van der Waals surface area contributed by atoms with Crippen molar-refractivity contribution >= 4 is 17.5 Å². The van der Waals surface area contributed by atoms with Crippen molar-refractivity contribution in [3.63, 3.8) is 0 Å². The highest BCUT2D eigenvalue weighted by atomic mass is 16.6. The molecule has 1 atom stereocenters. The third-order valence-electron chi connectivity index (χ3n) is 5.97. The highest BCUT2D eigenvalue weighted by Crippen LogP contribution is 2.21. The van der Waals surface area contributed by atoms with E-state index in [2.05, 4.69) is 22.5 Å². The molecule has 0 unspecified atom stereocenters. The summed E-state index contributed by atoms with van der Waals surface area (Å²) in [5.74, 6) is 0.760. The van der Waals surface area contributed by atoms with Crippen molar-refractivity contribution in [2.24, 2.45) is 5.92 Å². The van der Waals surface area contributed by atoms with Crippen LogP contribution in [-0.4, -0.2) is 67.8 Å². The summed E-state index contributed by atoms with van der Waals surface area (Å²) in [7, 11) is 0. The molecule has 1 aromatic carbocycles.